The summed E-state index contributed by atoms with van der Waals surface area (Å²) in [6, 6.07) is 36.7. The van der Waals surface area contributed by atoms with E-state index in [-0.39, 0.29) is 0 Å². The summed E-state index contributed by atoms with van der Waals surface area (Å²) in [6.45, 7) is 0. The summed E-state index contributed by atoms with van der Waals surface area (Å²) in [5, 5.41) is 1.17. The van der Waals surface area contributed by atoms with Crippen LogP contribution in [0.4, 0.5) is 5.69 Å². The maximum Gasteiger partial charge on any atom is 0.0709 e. The summed E-state index contributed by atoms with van der Waals surface area (Å²) in [5.74, 6) is 0.304. The molecule has 0 saturated heterocycles. The largest absolute Gasteiger partial charge is 0.252 e. The van der Waals surface area contributed by atoms with Gasteiger partial charge in [0.25, 0.3) is 0 Å². The fourth-order valence-corrected chi connectivity index (χ4v) is 5.25. The number of aliphatic imine (C=N–C) groups is 1. The van der Waals surface area contributed by atoms with E-state index >= 15 is 0 Å². The molecule has 0 N–H and O–H groups in total. The van der Waals surface area contributed by atoms with E-state index in [0.29, 0.717) is 5.92 Å². The molecular formula is C30H20N2. The average Bonchev–Trinajstić information content (AvgIpc) is 3.15. The Balaban J connectivity index is 1.42. The zero-order valence-electron chi connectivity index (χ0n) is 17.5. The molecule has 0 amide bonds. The number of fused-ring (bicyclic) bond motifs is 8. The molecule has 32 heavy (non-hydrogen) atoms. The van der Waals surface area contributed by atoms with Gasteiger partial charge in [-0.25, -0.2) is 4.98 Å². The van der Waals surface area contributed by atoms with Crippen LogP contribution in [-0.4, -0.2) is 10.7 Å². The van der Waals surface area contributed by atoms with Crippen molar-refractivity contribution < 1.29 is 0 Å². The Kier molecular flexibility index (Phi) is 3.71. The number of hydrogen-bond donors (Lipinski definition) is 0. The lowest BCUT2D eigenvalue weighted by molar-refractivity contribution is 0.905. The Morgan fingerprint density at radius 2 is 1.47 bits per heavy atom. The Morgan fingerprint density at radius 1 is 0.656 bits per heavy atom. The first-order chi connectivity index (χ1) is 15.8. The number of nitrogens with zero attached hydrogens (tertiary/aromatic N) is 2. The summed E-state index contributed by atoms with van der Waals surface area (Å²) >= 11 is 0. The van der Waals surface area contributed by atoms with E-state index in [9.17, 15) is 0 Å². The predicted octanol–water partition coefficient (Wildman–Crippen LogP) is 7.34. The number of aromatic nitrogens is 1. The second-order valence-electron chi connectivity index (χ2n) is 8.62. The van der Waals surface area contributed by atoms with Crippen molar-refractivity contribution in [3.63, 3.8) is 0 Å². The molecule has 2 heterocycles. The zero-order chi connectivity index (χ0) is 21.1. The van der Waals surface area contributed by atoms with Crippen LogP contribution in [0.2, 0.25) is 0 Å². The Labute approximate surface area is 186 Å². The van der Waals surface area contributed by atoms with E-state index in [0.717, 1.165) is 28.9 Å². The highest BCUT2D eigenvalue weighted by molar-refractivity contribution is 6.14. The molecule has 1 aliphatic carbocycles. The number of benzene rings is 4. The molecule has 4 aromatic carbocycles. The SMILES string of the molecule is c1ccc2c(c1)N=C1c3ccccc3-c3cc(-c4ccc5ccccc5n4)ccc3CC12. The van der Waals surface area contributed by atoms with Crippen molar-refractivity contribution in [3.8, 4) is 22.4 Å². The van der Waals surface area contributed by atoms with Crippen LogP contribution in [0.25, 0.3) is 33.3 Å². The van der Waals surface area contributed by atoms with E-state index in [2.05, 4.69) is 97.1 Å². The summed E-state index contributed by atoms with van der Waals surface area (Å²) < 4.78 is 0. The molecule has 0 fully saturated rings. The van der Waals surface area contributed by atoms with E-state index < -0.39 is 0 Å². The van der Waals surface area contributed by atoms with Crippen LogP contribution in [0.15, 0.2) is 108 Å². The smallest absolute Gasteiger partial charge is 0.0709 e. The van der Waals surface area contributed by atoms with Crippen LogP contribution < -0.4 is 0 Å². The molecule has 0 radical (unpaired) electrons. The van der Waals surface area contributed by atoms with Crippen LogP contribution in [0.1, 0.15) is 22.6 Å². The van der Waals surface area contributed by atoms with Gasteiger partial charge in [-0.2, -0.15) is 0 Å². The number of pyridine rings is 1. The summed E-state index contributed by atoms with van der Waals surface area (Å²) in [6.07, 6.45) is 0.964. The molecule has 5 aromatic rings. The second-order valence-corrected chi connectivity index (χ2v) is 8.62. The van der Waals surface area contributed by atoms with Gasteiger partial charge >= 0.3 is 0 Å². The predicted molar refractivity (Wildman–Crippen MR) is 132 cm³/mol. The maximum atomic E-state index is 5.08. The molecule has 1 aliphatic heterocycles. The molecule has 2 nitrogen and oxygen atoms in total. The van der Waals surface area contributed by atoms with E-state index in [1.54, 1.807) is 0 Å². The summed E-state index contributed by atoms with van der Waals surface area (Å²) in [7, 11) is 0. The molecule has 1 atom stereocenters. The molecule has 0 saturated carbocycles. The van der Waals surface area contributed by atoms with Crippen LogP contribution in [0.5, 0.6) is 0 Å². The minimum atomic E-state index is 0.304. The topological polar surface area (TPSA) is 25.2 Å². The normalized spacial score (nSPS) is 15.9. The Bertz CT molecular complexity index is 1560. The molecule has 150 valence electrons. The van der Waals surface area contributed by atoms with E-state index in [1.807, 2.05) is 6.07 Å². The van der Waals surface area contributed by atoms with Gasteiger partial charge in [0.1, 0.15) is 0 Å². The van der Waals surface area contributed by atoms with Crippen molar-refractivity contribution in [1.29, 1.82) is 0 Å². The lowest BCUT2D eigenvalue weighted by atomic mass is 9.88. The Morgan fingerprint density at radius 3 is 2.44 bits per heavy atom. The molecular weight excluding hydrogens is 388 g/mol. The second kappa shape index (κ2) is 6.73. The van der Waals surface area contributed by atoms with Gasteiger partial charge in [-0.3, -0.25) is 4.99 Å². The average molecular weight is 409 g/mol. The van der Waals surface area contributed by atoms with E-state index in [4.69, 9.17) is 9.98 Å². The number of para-hydroxylation sites is 2. The fraction of sp³-hybridized carbons (Fsp3) is 0.0667. The first kappa shape index (κ1) is 17.6. The van der Waals surface area contributed by atoms with Crippen LogP contribution in [-0.2, 0) is 6.42 Å². The van der Waals surface area contributed by atoms with Gasteiger partial charge in [-0.05, 0) is 52.9 Å². The van der Waals surface area contributed by atoms with Gasteiger partial charge in [0.2, 0.25) is 0 Å². The lowest BCUT2D eigenvalue weighted by Crippen LogP contribution is -2.11. The van der Waals surface area contributed by atoms with Crippen LogP contribution >= 0.6 is 0 Å². The van der Waals surface area contributed by atoms with Gasteiger partial charge in [-0.15, -0.1) is 0 Å². The molecule has 1 aromatic heterocycles. The molecule has 2 aliphatic rings. The van der Waals surface area contributed by atoms with Crippen LogP contribution in [0, 0.1) is 0 Å². The quantitative estimate of drug-likeness (QED) is 0.285. The molecule has 0 spiro atoms. The number of rotatable bonds is 1. The maximum absolute atomic E-state index is 5.08. The molecule has 1 unspecified atom stereocenters. The van der Waals surface area contributed by atoms with Crippen molar-refractivity contribution in [2.45, 2.75) is 12.3 Å². The van der Waals surface area contributed by atoms with Gasteiger partial charge in [0.15, 0.2) is 0 Å². The van der Waals surface area contributed by atoms with Gasteiger partial charge in [0, 0.05) is 22.4 Å². The minimum absolute atomic E-state index is 0.304. The Hall–Kier alpha value is -4.04. The standard InChI is InChI=1S/C30H20N2/c1-5-11-27-19(7-1)15-16-28(31-27)21-14-13-20-17-26-23-9-4-6-12-29(23)32-30(26)24-10-3-2-8-22(24)25(20)18-21/h1-16,18,26H,17H2. The highest BCUT2D eigenvalue weighted by Gasteiger charge is 2.33. The highest BCUT2D eigenvalue weighted by Crippen LogP contribution is 2.45. The third kappa shape index (κ3) is 2.59. The minimum Gasteiger partial charge on any atom is -0.252 e. The third-order valence-electron chi connectivity index (χ3n) is 6.80. The third-order valence-corrected chi connectivity index (χ3v) is 6.80. The van der Waals surface area contributed by atoms with Crippen molar-refractivity contribution in [1.82, 2.24) is 4.98 Å². The molecule has 2 heteroatoms. The first-order valence-electron chi connectivity index (χ1n) is 11.1. The van der Waals surface area contributed by atoms with Gasteiger partial charge in [0.05, 0.1) is 22.6 Å². The van der Waals surface area contributed by atoms with Crippen molar-refractivity contribution in [3.05, 3.63) is 120 Å². The molecule has 7 rings (SSSR count). The first-order valence-corrected chi connectivity index (χ1v) is 11.1. The van der Waals surface area contributed by atoms with Gasteiger partial charge < -0.3 is 0 Å². The van der Waals surface area contributed by atoms with Crippen molar-refractivity contribution in [2.24, 2.45) is 4.99 Å². The monoisotopic (exact) mass is 408 g/mol. The zero-order valence-corrected chi connectivity index (χ0v) is 17.5. The highest BCUT2D eigenvalue weighted by atomic mass is 14.8. The van der Waals surface area contributed by atoms with Crippen molar-refractivity contribution >= 4 is 22.3 Å². The lowest BCUT2D eigenvalue weighted by Gasteiger charge is -2.13. The fourth-order valence-electron chi connectivity index (χ4n) is 5.25. The summed E-state index contributed by atoms with van der Waals surface area (Å²) in [4.78, 5) is 10.0. The summed E-state index contributed by atoms with van der Waals surface area (Å²) in [5.41, 5.74) is 12.0. The van der Waals surface area contributed by atoms with E-state index in [1.165, 1.54) is 38.9 Å². The number of hydrogen-bond acceptors (Lipinski definition) is 2. The van der Waals surface area contributed by atoms with Crippen LogP contribution in [0.3, 0.4) is 0 Å². The van der Waals surface area contributed by atoms with Crippen molar-refractivity contribution in [2.75, 3.05) is 0 Å². The van der Waals surface area contributed by atoms with Gasteiger partial charge in [-0.1, -0.05) is 78.9 Å². The molecule has 0 bridgehead atoms.